The molecule has 0 amide bonds. The molecule has 0 heterocycles. The number of rotatable bonds is 4. The summed E-state index contributed by atoms with van der Waals surface area (Å²) in [5.74, 6) is -1.32. The first kappa shape index (κ1) is 10.5. The molecule has 1 unspecified atom stereocenters. The second-order valence-electron chi connectivity index (χ2n) is 3.06. The molecule has 1 aromatic carbocycles. The summed E-state index contributed by atoms with van der Waals surface area (Å²) in [4.78, 5) is 11.0. The number of carbonyl (C=O) groups is 1. The number of aliphatic carboxylic acids is 1. The molecule has 0 aliphatic carbocycles. The van der Waals surface area contributed by atoms with Crippen LogP contribution in [0.1, 0.15) is 24.8 Å². The van der Waals surface area contributed by atoms with Gasteiger partial charge in [-0.3, -0.25) is 4.79 Å². The van der Waals surface area contributed by atoms with Gasteiger partial charge >= 0.3 is 5.97 Å². The predicted molar refractivity (Wildman–Crippen MR) is 56.2 cm³/mol. The zero-order valence-electron chi connectivity index (χ0n) is 8.18. The molecule has 2 nitrogen and oxygen atoms in total. The van der Waals surface area contributed by atoms with Gasteiger partial charge in [0.05, 0.1) is 5.92 Å². The second-order valence-corrected chi connectivity index (χ2v) is 3.06. The lowest BCUT2D eigenvalue weighted by molar-refractivity contribution is -0.137. The average Bonchev–Trinajstić information content (AvgIpc) is 2.19. The Labute approximate surface area is 83.9 Å². The Balaban J connectivity index is 2.89. The standard InChI is InChI=1S/C12H14O2/c1-2-3-9-11(12(13)14)10-7-5-4-6-8-10/h3-9,11H,2H2,1H3,(H,13,14). The van der Waals surface area contributed by atoms with E-state index in [4.69, 9.17) is 5.11 Å². The fourth-order valence-corrected chi connectivity index (χ4v) is 1.27. The number of carboxylic acid groups (broad SMARTS) is 1. The zero-order valence-corrected chi connectivity index (χ0v) is 8.18. The van der Waals surface area contributed by atoms with Crippen LogP contribution < -0.4 is 0 Å². The molecule has 74 valence electrons. The van der Waals surface area contributed by atoms with Crippen LogP contribution in [0, 0.1) is 0 Å². The maximum atomic E-state index is 11.0. The van der Waals surface area contributed by atoms with Gasteiger partial charge in [0.1, 0.15) is 0 Å². The molecule has 0 saturated heterocycles. The third-order valence-electron chi connectivity index (χ3n) is 1.99. The van der Waals surface area contributed by atoms with Crippen molar-refractivity contribution in [1.29, 1.82) is 0 Å². The van der Waals surface area contributed by atoms with Gasteiger partial charge in [-0.1, -0.05) is 49.4 Å². The Morgan fingerprint density at radius 1 is 1.43 bits per heavy atom. The molecule has 1 aromatic rings. The maximum Gasteiger partial charge on any atom is 0.314 e. The van der Waals surface area contributed by atoms with E-state index in [0.29, 0.717) is 0 Å². The van der Waals surface area contributed by atoms with E-state index in [1.165, 1.54) is 0 Å². The van der Waals surface area contributed by atoms with Crippen molar-refractivity contribution in [3.63, 3.8) is 0 Å². The summed E-state index contributed by atoms with van der Waals surface area (Å²) in [6.45, 7) is 1.99. The first-order chi connectivity index (χ1) is 6.75. The molecular formula is C12H14O2. The lowest BCUT2D eigenvalue weighted by Crippen LogP contribution is -2.08. The minimum absolute atomic E-state index is 0.517. The molecule has 1 rings (SSSR count). The van der Waals surface area contributed by atoms with Gasteiger partial charge in [-0.25, -0.2) is 0 Å². The third-order valence-corrected chi connectivity index (χ3v) is 1.99. The van der Waals surface area contributed by atoms with Gasteiger partial charge in [-0.05, 0) is 12.0 Å². The predicted octanol–water partition coefficient (Wildman–Crippen LogP) is 2.82. The molecule has 1 N–H and O–H groups in total. The Kier molecular flexibility index (Phi) is 3.92. The molecule has 0 aliphatic heterocycles. The molecular weight excluding hydrogens is 176 g/mol. The van der Waals surface area contributed by atoms with E-state index in [2.05, 4.69) is 0 Å². The average molecular weight is 190 g/mol. The summed E-state index contributed by atoms with van der Waals surface area (Å²) in [7, 11) is 0. The highest BCUT2D eigenvalue weighted by molar-refractivity contribution is 5.78. The number of carboxylic acids is 1. The van der Waals surface area contributed by atoms with Crippen LogP contribution in [0.2, 0.25) is 0 Å². The van der Waals surface area contributed by atoms with Crippen LogP contribution in [0.4, 0.5) is 0 Å². The van der Waals surface area contributed by atoms with Crippen molar-refractivity contribution in [3.8, 4) is 0 Å². The van der Waals surface area contributed by atoms with Crippen LogP contribution in [-0.4, -0.2) is 11.1 Å². The Morgan fingerprint density at radius 3 is 2.57 bits per heavy atom. The van der Waals surface area contributed by atoms with Crippen LogP contribution in [0.3, 0.4) is 0 Å². The van der Waals surface area contributed by atoms with Crippen molar-refractivity contribution in [2.24, 2.45) is 0 Å². The summed E-state index contributed by atoms with van der Waals surface area (Å²) in [5.41, 5.74) is 0.824. The highest BCUT2D eigenvalue weighted by Crippen LogP contribution is 2.17. The molecule has 0 fully saturated rings. The smallest absolute Gasteiger partial charge is 0.314 e. The van der Waals surface area contributed by atoms with E-state index < -0.39 is 11.9 Å². The SMILES string of the molecule is CCC=CC(C(=O)O)c1ccccc1. The summed E-state index contributed by atoms with van der Waals surface area (Å²) >= 11 is 0. The molecule has 0 radical (unpaired) electrons. The molecule has 2 heteroatoms. The summed E-state index contributed by atoms with van der Waals surface area (Å²) < 4.78 is 0. The van der Waals surface area contributed by atoms with Crippen molar-refractivity contribution in [3.05, 3.63) is 48.0 Å². The molecule has 0 spiro atoms. The Morgan fingerprint density at radius 2 is 2.07 bits per heavy atom. The number of benzene rings is 1. The van der Waals surface area contributed by atoms with E-state index in [1.54, 1.807) is 6.08 Å². The quantitative estimate of drug-likeness (QED) is 0.741. The fourth-order valence-electron chi connectivity index (χ4n) is 1.27. The summed E-state index contributed by atoms with van der Waals surface area (Å²) in [6.07, 6.45) is 4.47. The van der Waals surface area contributed by atoms with Crippen LogP contribution >= 0.6 is 0 Å². The molecule has 0 aliphatic rings. The first-order valence-corrected chi connectivity index (χ1v) is 4.70. The topological polar surface area (TPSA) is 37.3 Å². The van der Waals surface area contributed by atoms with Gasteiger partial charge in [0, 0.05) is 0 Å². The second kappa shape index (κ2) is 5.22. The van der Waals surface area contributed by atoms with E-state index in [-0.39, 0.29) is 0 Å². The lowest BCUT2D eigenvalue weighted by Gasteiger charge is -2.06. The van der Waals surface area contributed by atoms with Crippen molar-refractivity contribution in [2.75, 3.05) is 0 Å². The molecule has 0 saturated carbocycles. The summed E-state index contributed by atoms with van der Waals surface area (Å²) in [6, 6.07) is 9.25. The fraction of sp³-hybridized carbons (Fsp3) is 0.250. The highest BCUT2D eigenvalue weighted by atomic mass is 16.4. The lowest BCUT2D eigenvalue weighted by atomic mass is 9.99. The molecule has 0 aromatic heterocycles. The van der Waals surface area contributed by atoms with Crippen LogP contribution in [0.5, 0.6) is 0 Å². The van der Waals surface area contributed by atoms with E-state index >= 15 is 0 Å². The molecule has 14 heavy (non-hydrogen) atoms. The number of hydrogen-bond donors (Lipinski definition) is 1. The normalized spacial score (nSPS) is 12.9. The summed E-state index contributed by atoms with van der Waals surface area (Å²) in [5, 5.41) is 9.00. The third kappa shape index (κ3) is 2.73. The van der Waals surface area contributed by atoms with E-state index in [9.17, 15) is 4.79 Å². The Hall–Kier alpha value is -1.57. The van der Waals surface area contributed by atoms with Gasteiger partial charge in [0.25, 0.3) is 0 Å². The highest BCUT2D eigenvalue weighted by Gasteiger charge is 2.14. The van der Waals surface area contributed by atoms with Crippen molar-refractivity contribution in [1.82, 2.24) is 0 Å². The molecule has 0 bridgehead atoms. The van der Waals surface area contributed by atoms with Crippen LogP contribution in [-0.2, 0) is 4.79 Å². The van der Waals surface area contributed by atoms with E-state index in [0.717, 1.165) is 12.0 Å². The van der Waals surface area contributed by atoms with Gasteiger partial charge in [0.2, 0.25) is 0 Å². The minimum atomic E-state index is -0.805. The first-order valence-electron chi connectivity index (χ1n) is 4.70. The number of allylic oxidation sites excluding steroid dienone is 1. The zero-order chi connectivity index (χ0) is 10.4. The maximum absolute atomic E-state index is 11.0. The van der Waals surface area contributed by atoms with Crippen molar-refractivity contribution >= 4 is 5.97 Å². The van der Waals surface area contributed by atoms with Crippen molar-refractivity contribution < 1.29 is 9.90 Å². The Bertz CT molecular complexity index is 314. The number of hydrogen-bond acceptors (Lipinski definition) is 1. The van der Waals surface area contributed by atoms with Gasteiger partial charge < -0.3 is 5.11 Å². The van der Waals surface area contributed by atoms with Crippen LogP contribution in [0.25, 0.3) is 0 Å². The van der Waals surface area contributed by atoms with Gasteiger partial charge in [0.15, 0.2) is 0 Å². The van der Waals surface area contributed by atoms with Crippen LogP contribution in [0.15, 0.2) is 42.5 Å². The minimum Gasteiger partial charge on any atom is -0.481 e. The molecule has 1 atom stereocenters. The van der Waals surface area contributed by atoms with Gasteiger partial charge in [-0.2, -0.15) is 0 Å². The van der Waals surface area contributed by atoms with E-state index in [1.807, 2.05) is 43.3 Å². The van der Waals surface area contributed by atoms with Crippen molar-refractivity contribution in [2.45, 2.75) is 19.3 Å². The van der Waals surface area contributed by atoms with Gasteiger partial charge in [-0.15, -0.1) is 0 Å². The largest absolute Gasteiger partial charge is 0.481 e. The monoisotopic (exact) mass is 190 g/mol.